The molecular weight excluding hydrogens is 1590 g/mol. The van der Waals surface area contributed by atoms with Crippen molar-refractivity contribution < 1.29 is 17.7 Å². The van der Waals surface area contributed by atoms with Crippen LogP contribution in [0.25, 0.3) is 175 Å². The maximum absolute atomic E-state index is 6.92. The van der Waals surface area contributed by atoms with Crippen molar-refractivity contribution in [3.8, 4) is 22.3 Å². The number of hydrogen-bond donors (Lipinski definition) is 0. The third-order valence-corrected chi connectivity index (χ3v) is 26.1. The van der Waals surface area contributed by atoms with Gasteiger partial charge in [-0.25, -0.2) is 0 Å². The predicted molar refractivity (Wildman–Crippen MR) is 546 cm³/mol. The lowest BCUT2D eigenvalue weighted by Crippen LogP contribution is -2.15. The molecule has 0 amide bonds. The van der Waals surface area contributed by atoms with E-state index in [1.54, 1.807) is 0 Å². The molecule has 0 spiro atoms. The number of para-hydroxylation sites is 8. The van der Waals surface area contributed by atoms with Crippen molar-refractivity contribution in [2.45, 2.75) is 13.8 Å². The fourth-order valence-corrected chi connectivity index (χ4v) is 20.4. The molecule has 0 N–H and O–H groups in total. The number of fused-ring (bicyclic) bond motifs is 18. The molecule has 26 aromatic rings. The first kappa shape index (κ1) is 75.3. The molecule has 8 heteroatoms. The molecule has 0 saturated heterocycles. The van der Waals surface area contributed by atoms with Crippen molar-refractivity contribution in [3.05, 3.63) is 460 Å². The molecule has 8 nitrogen and oxygen atoms in total. The van der Waals surface area contributed by atoms with Crippen molar-refractivity contribution >= 4 is 221 Å². The molecule has 0 atom stereocenters. The Kier molecular flexibility index (Phi) is 17.9. The highest BCUT2D eigenvalue weighted by Gasteiger charge is 2.33. The first-order chi connectivity index (χ1) is 64.3. The van der Waals surface area contributed by atoms with E-state index >= 15 is 0 Å². The first-order valence-corrected chi connectivity index (χ1v) is 44.3. The zero-order valence-electron chi connectivity index (χ0n) is 71.1. The zero-order valence-corrected chi connectivity index (χ0v) is 71.1. The van der Waals surface area contributed by atoms with E-state index in [1.165, 1.54) is 43.8 Å². The van der Waals surface area contributed by atoms with Gasteiger partial charge in [-0.05, 0) is 166 Å². The van der Waals surface area contributed by atoms with Gasteiger partial charge in [0.25, 0.3) is 0 Å². The molecule has 4 aromatic heterocycles. The monoisotopic (exact) mass is 1660 g/mol. The fourth-order valence-electron chi connectivity index (χ4n) is 20.4. The number of aryl methyl sites for hydroxylation is 2. The van der Waals surface area contributed by atoms with Gasteiger partial charge >= 0.3 is 0 Å². The second-order valence-electron chi connectivity index (χ2n) is 33.8. The highest BCUT2D eigenvalue weighted by Crippen LogP contribution is 2.58. The quantitative estimate of drug-likeness (QED) is 0.0788. The van der Waals surface area contributed by atoms with Gasteiger partial charge in [0.1, 0.15) is 22.3 Å². The van der Waals surface area contributed by atoms with E-state index in [2.05, 4.69) is 458 Å². The Morgan fingerprint density at radius 2 is 0.377 bits per heavy atom. The first-order valence-electron chi connectivity index (χ1n) is 44.3. The minimum Gasteiger partial charge on any atom is -0.454 e. The Bertz CT molecular complexity index is 8380. The Morgan fingerprint density at radius 1 is 0.162 bits per heavy atom. The lowest BCUT2D eigenvalue weighted by molar-refractivity contribution is 0.668. The molecule has 0 aliphatic rings. The molecule has 0 fully saturated rings. The highest BCUT2D eigenvalue weighted by atomic mass is 16.3. The number of rotatable bonds is 14. The van der Waals surface area contributed by atoms with E-state index in [0.717, 1.165) is 210 Å². The van der Waals surface area contributed by atoms with Gasteiger partial charge in [0, 0.05) is 109 Å². The molecule has 22 aromatic carbocycles. The van der Waals surface area contributed by atoms with E-state index in [4.69, 9.17) is 17.7 Å². The van der Waals surface area contributed by atoms with Crippen LogP contribution >= 0.6 is 0 Å². The van der Waals surface area contributed by atoms with Crippen LogP contribution in [0, 0.1) is 13.8 Å². The average Bonchev–Trinajstić information content (AvgIpc) is 1.06. The van der Waals surface area contributed by atoms with E-state index in [1.807, 2.05) is 24.3 Å². The van der Waals surface area contributed by atoms with E-state index < -0.39 is 0 Å². The Hall–Kier alpha value is -17.2. The average molecular weight is 1670 g/mol. The third kappa shape index (κ3) is 12.4. The van der Waals surface area contributed by atoms with Crippen LogP contribution in [0.5, 0.6) is 0 Å². The van der Waals surface area contributed by atoms with Crippen LogP contribution in [0.1, 0.15) is 11.1 Å². The van der Waals surface area contributed by atoms with Gasteiger partial charge in [-0.2, -0.15) is 0 Å². The Morgan fingerprint density at radius 3 is 0.654 bits per heavy atom. The van der Waals surface area contributed by atoms with Crippen LogP contribution in [0.3, 0.4) is 0 Å². The molecule has 0 bridgehead atoms. The summed E-state index contributed by atoms with van der Waals surface area (Å²) in [6, 6.07) is 161. The van der Waals surface area contributed by atoms with Crippen molar-refractivity contribution in [1.82, 2.24) is 0 Å². The van der Waals surface area contributed by atoms with Crippen LogP contribution in [0.15, 0.2) is 467 Å². The lowest BCUT2D eigenvalue weighted by atomic mass is 9.94. The third-order valence-electron chi connectivity index (χ3n) is 26.1. The molecule has 0 radical (unpaired) electrons. The van der Waals surface area contributed by atoms with E-state index in [9.17, 15) is 0 Å². The minimum atomic E-state index is 0.827. The fraction of sp³-hybridized carbons (Fsp3) is 0.0164. The topological polar surface area (TPSA) is 65.5 Å². The zero-order chi connectivity index (χ0) is 86.0. The van der Waals surface area contributed by atoms with Gasteiger partial charge in [0.15, 0.2) is 22.3 Å². The highest BCUT2D eigenvalue weighted by molar-refractivity contribution is 6.28. The van der Waals surface area contributed by atoms with Crippen LogP contribution in [0.4, 0.5) is 68.2 Å². The number of anilines is 12. The molecular formula is C122H80N4O4. The van der Waals surface area contributed by atoms with Crippen molar-refractivity contribution in [2.75, 3.05) is 19.6 Å². The maximum atomic E-state index is 6.92. The summed E-state index contributed by atoms with van der Waals surface area (Å²) in [5, 5.41) is 22.4. The minimum absolute atomic E-state index is 0.827. The van der Waals surface area contributed by atoms with E-state index in [0.29, 0.717) is 0 Å². The Labute approximate surface area is 749 Å². The summed E-state index contributed by atoms with van der Waals surface area (Å²) in [5.74, 6) is 0. The van der Waals surface area contributed by atoms with E-state index in [-0.39, 0.29) is 0 Å². The normalized spacial score (nSPS) is 11.8. The summed E-state index contributed by atoms with van der Waals surface area (Å²) in [7, 11) is 0. The summed E-state index contributed by atoms with van der Waals surface area (Å²) in [4.78, 5) is 9.66. The second-order valence-corrected chi connectivity index (χ2v) is 33.8. The number of benzene rings is 22. The molecule has 0 unspecified atom stereocenters. The van der Waals surface area contributed by atoms with Gasteiger partial charge in [-0.1, -0.05) is 352 Å². The molecule has 130 heavy (non-hydrogen) atoms. The summed E-state index contributed by atoms with van der Waals surface area (Å²) in [6.07, 6.45) is 0. The van der Waals surface area contributed by atoms with Gasteiger partial charge in [0.2, 0.25) is 0 Å². The number of furan rings is 4. The molecule has 612 valence electrons. The van der Waals surface area contributed by atoms with Crippen LogP contribution in [-0.2, 0) is 0 Å². The van der Waals surface area contributed by atoms with Crippen molar-refractivity contribution in [1.29, 1.82) is 0 Å². The lowest BCUT2D eigenvalue weighted by Gasteiger charge is -2.33. The number of nitrogens with zero attached hydrogens (tertiary/aromatic N) is 4. The predicted octanol–water partition coefficient (Wildman–Crippen LogP) is 35.7. The summed E-state index contributed by atoms with van der Waals surface area (Å²) in [5.41, 5.74) is 26.2. The molecule has 0 aliphatic heterocycles. The molecule has 4 heterocycles. The van der Waals surface area contributed by atoms with Crippen LogP contribution in [-0.4, -0.2) is 0 Å². The van der Waals surface area contributed by atoms with Crippen molar-refractivity contribution in [3.63, 3.8) is 0 Å². The molecule has 0 saturated carbocycles. The van der Waals surface area contributed by atoms with Gasteiger partial charge in [-0.3, -0.25) is 0 Å². The summed E-state index contributed by atoms with van der Waals surface area (Å²) < 4.78 is 27.4. The van der Waals surface area contributed by atoms with Gasteiger partial charge < -0.3 is 37.3 Å². The summed E-state index contributed by atoms with van der Waals surface area (Å²) >= 11 is 0. The largest absolute Gasteiger partial charge is 0.454 e. The van der Waals surface area contributed by atoms with Crippen LogP contribution < -0.4 is 19.6 Å². The SMILES string of the molecule is Cc1cccc(N(c2c3ccccc3c(N(c3cccc(C)c3)c3cccc4c3oc3ccccc34)c3ccccc23)c2cccc3c2oc2ccccc23)c1.c1ccc2c(-c3ccc(N(c4c5ccccc5c(N(c5ccc(-c6cccc7ccccc67)cc5)c5cccc6c5oc5ccccc56)c5ccccc45)c4cccc5c4oc4ccccc45)cc3)cccc2c1. The van der Waals surface area contributed by atoms with Gasteiger partial charge in [-0.15, -0.1) is 0 Å². The van der Waals surface area contributed by atoms with Crippen LogP contribution in [0.2, 0.25) is 0 Å². The van der Waals surface area contributed by atoms with Crippen molar-refractivity contribution in [2.24, 2.45) is 0 Å². The smallest absolute Gasteiger partial charge is 0.159 e. The van der Waals surface area contributed by atoms with Gasteiger partial charge in [0.05, 0.1) is 45.5 Å². The number of hydrogen-bond acceptors (Lipinski definition) is 8. The summed E-state index contributed by atoms with van der Waals surface area (Å²) in [6.45, 7) is 4.31. The Balaban J connectivity index is 0.000000146. The standard InChI is InChI=1S/C70H44N2O2.C52H36N2O2/c1-3-21-51-45(17-1)19-13-29-53(51)47-37-41-49(42-38-47)71(63-33-15-31-61-55-23-9-11-35-65(55)73-69(61)63)67-57-25-5-7-27-59(57)68(60-28-8-6-26-58(60)67)72(64-34-16-32-62-56-24-10-12-36-66(56)74-70(62)64)50-43-39-48(40-44-50)54-30-14-20-46-18-2-4-22-52(46)54;1-33-15-11-17-35(31-33)53(45-27-13-25-43-37-19-7-9-29-47(37)55-51(43)45)49-39-21-3-5-23-41(39)50(42-24-6-4-22-40(42)49)54(36-18-12-16-34(2)32-36)46-28-14-26-44-38-20-8-10-30-48(38)56-52(44)46/h1-44H;3-32H,1-2H3. The second kappa shape index (κ2) is 30.9. The molecule has 0 aliphatic carbocycles. The maximum Gasteiger partial charge on any atom is 0.159 e. The molecule has 26 rings (SSSR count).